The van der Waals surface area contributed by atoms with Crippen molar-refractivity contribution in [3.63, 3.8) is 0 Å². The fourth-order valence-corrected chi connectivity index (χ4v) is 3.36. The maximum Gasteiger partial charge on any atom is 0.123 e. The van der Waals surface area contributed by atoms with Crippen molar-refractivity contribution < 1.29 is 9.50 Å². The first-order chi connectivity index (χ1) is 7.60. The molecular formula is C13H17FOS. The largest absolute Gasteiger partial charge is 0.388 e. The lowest BCUT2D eigenvalue weighted by Crippen LogP contribution is -2.43. The molecule has 88 valence electrons. The molecule has 0 aliphatic carbocycles. The summed E-state index contributed by atoms with van der Waals surface area (Å²) in [6.07, 6.45) is 2.53. The van der Waals surface area contributed by atoms with Gasteiger partial charge in [0, 0.05) is 11.7 Å². The lowest BCUT2D eigenvalue weighted by atomic mass is 9.87. The van der Waals surface area contributed by atoms with Gasteiger partial charge in [0.15, 0.2) is 0 Å². The lowest BCUT2D eigenvalue weighted by molar-refractivity contribution is 0.0297. The predicted molar refractivity (Wildman–Crippen MR) is 66.2 cm³/mol. The first-order valence-corrected chi connectivity index (χ1v) is 6.73. The topological polar surface area (TPSA) is 20.2 Å². The second kappa shape index (κ2) is 4.76. The van der Waals surface area contributed by atoms with Crippen molar-refractivity contribution in [1.82, 2.24) is 0 Å². The zero-order valence-electron chi connectivity index (χ0n) is 9.45. The predicted octanol–water partition coefficient (Wildman–Crippen LogP) is 3.01. The third kappa shape index (κ3) is 2.58. The number of thioether (sulfide) groups is 1. The molecule has 1 aromatic rings. The molecular weight excluding hydrogens is 223 g/mol. The third-order valence-corrected chi connectivity index (χ3v) is 4.77. The minimum Gasteiger partial charge on any atom is -0.388 e. The molecule has 2 unspecified atom stereocenters. The van der Waals surface area contributed by atoms with Crippen LogP contribution < -0.4 is 0 Å². The van der Waals surface area contributed by atoms with Crippen molar-refractivity contribution in [1.29, 1.82) is 0 Å². The average molecular weight is 240 g/mol. The molecule has 0 radical (unpaired) electrons. The third-order valence-electron chi connectivity index (χ3n) is 3.30. The van der Waals surface area contributed by atoms with Crippen LogP contribution in [0, 0.1) is 5.82 Å². The highest BCUT2D eigenvalue weighted by atomic mass is 32.2. The van der Waals surface area contributed by atoms with Gasteiger partial charge in [-0.1, -0.05) is 19.1 Å². The molecule has 1 nitrogen and oxygen atoms in total. The summed E-state index contributed by atoms with van der Waals surface area (Å²) in [7, 11) is 0. The first kappa shape index (κ1) is 11.9. The highest BCUT2D eigenvalue weighted by Crippen LogP contribution is 2.36. The van der Waals surface area contributed by atoms with Gasteiger partial charge in [-0.25, -0.2) is 4.39 Å². The van der Waals surface area contributed by atoms with E-state index in [-0.39, 0.29) is 11.1 Å². The quantitative estimate of drug-likeness (QED) is 0.857. The smallest absolute Gasteiger partial charge is 0.123 e. The standard InChI is InChI=1S/C13H17FOS/c1-10-13(15,7-2-8-16-10)9-11-3-5-12(14)6-4-11/h3-6,10,15H,2,7-9H2,1H3. The van der Waals surface area contributed by atoms with E-state index in [1.54, 1.807) is 12.1 Å². The van der Waals surface area contributed by atoms with Crippen LogP contribution in [0.3, 0.4) is 0 Å². The Bertz CT molecular complexity index is 351. The summed E-state index contributed by atoms with van der Waals surface area (Å²) in [5.74, 6) is 0.911. The molecule has 1 aliphatic heterocycles. The van der Waals surface area contributed by atoms with Crippen molar-refractivity contribution in [3.8, 4) is 0 Å². The minimum atomic E-state index is -0.624. The van der Waals surface area contributed by atoms with Crippen molar-refractivity contribution in [2.45, 2.75) is 37.0 Å². The van der Waals surface area contributed by atoms with Crippen molar-refractivity contribution in [3.05, 3.63) is 35.6 Å². The van der Waals surface area contributed by atoms with E-state index in [0.29, 0.717) is 6.42 Å². The van der Waals surface area contributed by atoms with E-state index in [2.05, 4.69) is 6.92 Å². The van der Waals surface area contributed by atoms with Gasteiger partial charge in [0.1, 0.15) is 5.82 Å². The van der Waals surface area contributed by atoms with Crippen LogP contribution in [0.25, 0.3) is 0 Å². The fraction of sp³-hybridized carbons (Fsp3) is 0.538. The fourth-order valence-electron chi connectivity index (χ4n) is 2.18. The van der Waals surface area contributed by atoms with Gasteiger partial charge in [-0.05, 0) is 36.3 Å². The Kier molecular flexibility index (Phi) is 3.55. The molecule has 0 bridgehead atoms. The van der Waals surface area contributed by atoms with Gasteiger partial charge in [0.2, 0.25) is 0 Å². The summed E-state index contributed by atoms with van der Waals surface area (Å²) in [6, 6.07) is 6.44. The van der Waals surface area contributed by atoms with E-state index in [4.69, 9.17) is 0 Å². The second-order valence-corrected chi connectivity index (χ2v) is 5.97. The minimum absolute atomic E-state index is 0.221. The summed E-state index contributed by atoms with van der Waals surface area (Å²) in [6.45, 7) is 2.08. The van der Waals surface area contributed by atoms with E-state index in [1.807, 2.05) is 11.8 Å². The molecule has 2 atom stereocenters. The molecule has 1 N–H and O–H groups in total. The van der Waals surface area contributed by atoms with Gasteiger partial charge >= 0.3 is 0 Å². The van der Waals surface area contributed by atoms with E-state index in [0.717, 1.165) is 24.2 Å². The monoisotopic (exact) mass is 240 g/mol. The Hall–Kier alpha value is -0.540. The molecule has 0 amide bonds. The van der Waals surface area contributed by atoms with Crippen LogP contribution >= 0.6 is 11.8 Å². The Labute approximate surface area is 100 Å². The summed E-state index contributed by atoms with van der Waals surface area (Å²) < 4.78 is 12.8. The Morgan fingerprint density at radius 3 is 2.75 bits per heavy atom. The number of halogens is 1. The maximum atomic E-state index is 12.8. The molecule has 1 saturated heterocycles. The normalized spacial score (nSPS) is 30.3. The van der Waals surface area contributed by atoms with Gasteiger partial charge < -0.3 is 5.11 Å². The van der Waals surface area contributed by atoms with Gasteiger partial charge in [0.25, 0.3) is 0 Å². The lowest BCUT2D eigenvalue weighted by Gasteiger charge is -2.37. The molecule has 1 aromatic carbocycles. The van der Waals surface area contributed by atoms with Crippen LogP contribution in [0.1, 0.15) is 25.3 Å². The average Bonchev–Trinajstić information content (AvgIpc) is 2.26. The number of rotatable bonds is 2. The molecule has 2 rings (SSSR count). The maximum absolute atomic E-state index is 12.8. The molecule has 3 heteroatoms. The molecule has 0 spiro atoms. The number of benzene rings is 1. The van der Waals surface area contributed by atoms with E-state index < -0.39 is 5.60 Å². The van der Waals surface area contributed by atoms with Crippen LogP contribution in [-0.4, -0.2) is 21.7 Å². The van der Waals surface area contributed by atoms with Crippen LogP contribution in [0.15, 0.2) is 24.3 Å². The van der Waals surface area contributed by atoms with Crippen LogP contribution in [-0.2, 0) is 6.42 Å². The van der Waals surface area contributed by atoms with E-state index in [9.17, 15) is 9.50 Å². The zero-order valence-corrected chi connectivity index (χ0v) is 10.3. The van der Waals surface area contributed by atoms with Gasteiger partial charge in [-0.2, -0.15) is 11.8 Å². The van der Waals surface area contributed by atoms with Crippen LogP contribution in [0.5, 0.6) is 0 Å². The van der Waals surface area contributed by atoms with E-state index >= 15 is 0 Å². The summed E-state index contributed by atoms with van der Waals surface area (Å²) in [5, 5.41) is 10.8. The SMILES string of the molecule is CC1SCCCC1(O)Cc1ccc(F)cc1. The molecule has 1 aliphatic rings. The van der Waals surface area contributed by atoms with E-state index in [1.165, 1.54) is 12.1 Å². The molecule has 16 heavy (non-hydrogen) atoms. The van der Waals surface area contributed by atoms with Crippen LogP contribution in [0.4, 0.5) is 4.39 Å². The van der Waals surface area contributed by atoms with Crippen molar-refractivity contribution >= 4 is 11.8 Å². The number of hydrogen-bond acceptors (Lipinski definition) is 2. The van der Waals surface area contributed by atoms with Crippen molar-refractivity contribution in [2.75, 3.05) is 5.75 Å². The highest BCUT2D eigenvalue weighted by Gasteiger charge is 2.36. The molecule has 1 fully saturated rings. The summed E-state index contributed by atoms with van der Waals surface area (Å²) >= 11 is 1.82. The first-order valence-electron chi connectivity index (χ1n) is 5.69. The van der Waals surface area contributed by atoms with Gasteiger partial charge in [0.05, 0.1) is 5.60 Å². The summed E-state index contributed by atoms with van der Waals surface area (Å²) in [4.78, 5) is 0. The number of aliphatic hydroxyl groups is 1. The van der Waals surface area contributed by atoms with Gasteiger partial charge in [-0.15, -0.1) is 0 Å². The van der Waals surface area contributed by atoms with Crippen LogP contribution in [0.2, 0.25) is 0 Å². The zero-order chi connectivity index (χ0) is 11.6. The Morgan fingerprint density at radius 2 is 2.12 bits per heavy atom. The molecule has 0 saturated carbocycles. The molecule has 0 aromatic heterocycles. The second-order valence-electron chi connectivity index (χ2n) is 4.52. The van der Waals surface area contributed by atoms with Gasteiger partial charge in [-0.3, -0.25) is 0 Å². The summed E-state index contributed by atoms with van der Waals surface area (Å²) in [5.41, 5.74) is 0.388. The number of hydrogen-bond donors (Lipinski definition) is 1. The van der Waals surface area contributed by atoms with Crippen molar-refractivity contribution in [2.24, 2.45) is 0 Å². The Balaban J connectivity index is 2.10. The Morgan fingerprint density at radius 1 is 1.44 bits per heavy atom. The molecule has 1 heterocycles. The highest BCUT2D eigenvalue weighted by molar-refractivity contribution is 8.00.